The lowest BCUT2D eigenvalue weighted by atomic mass is 10.1. The molecule has 3 rings (SSSR count). The quantitative estimate of drug-likeness (QED) is 0.535. The third kappa shape index (κ3) is 4.69. The molecule has 0 amide bonds. The summed E-state index contributed by atoms with van der Waals surface area (Å²) in [5.74, 6) is 0.152. The maximum atomic E-state index is 12.9. The van der Waals surface area contributed by atoms with Crippen LogP contribution in [0.2, 0.25) is 5.15 Å². The second-order valence-electron chi connectivity index (χ2n) is 6.61. The second kappa shape index (κ2) is 8.71. The number of halogens is 1. The lowest BCUT2D eigenvalue weighted by molar-refractivity contribution is 0.601. The zero-order chi connectivity index (χ0) is 20.1. The van der Waals surface area contributed by atoms with Gasteiger partial charge in [-0.15, -0.1) is 0 Å². The van der Waals surface area contributed by atoms with Gasteiger partial charge in [-0.1, -0.05) is 66.9 Å². The first kappa shape index (κ1) is 20.3. The van der Waals surface area contributed by atoms with Crippen molar-refractivity contribution < 1.29 is 8.42 Å². The molecule has 0 aliphatic heterocycles. The molecule has 0 unspecified atom stereocenters. The summed E-state index contributed by atoms with van der Waals surface area (Å²) in [5.41, 5.74) is 3.39. The van der Waals surface area contributed by atoms with Gasteiger partial charge in [0.25, 0.3) is 10.0 Å². The number of rotatable bonds is 7. The van der Waals surface area contributed by atoms with Crippen molar-refractivity contribution in [3.63, 3.8) is 0 Å². The van der Waals surface area contributed by atoms with Crippen LogP contribution in [0, 0.1) is 6.92 Å². The van der Waals surface area contributed by atoms with Crippen LogP contribution in [0.3, 0.4) is 0 Å². The van der Waals surface area contributed by atoms with E-state index in [4.69, 9.17) is 11.6 Å². The average Bonchev–Trinajstić information content (AvgIpc) is 2.68. The molecule has 7 heteroatoms. The number of hydrogen-bond acceptors (Lipinski definition) is 4. The predicted octanol–water partition coefficient (Wildman–Crippen LogP) is 5.25. The molecule has 0 saturated carbocycles. The Morgan fingerprint density at radius 1 is 1.00 bits per heavy atom. The maximum Gasteiger partial charge on any atom is 0.263 e. The van der Waals surface area contributed by atoms with E-state index >= 15 is 0 Å². The van der Waals surface area contributed by atoms with Gasteiger partial charge in [-0.3, -0.25) is 4.72 Å². The highest BCUT2D eigenvalue weighted by molar-refractivity contribution is 7.92. The molecule has 0 aliphatic rings. The third-order valence-corrected chi connectivity index (χ3v) is 6.07. The molecule has 0 spiro atoms. The lowest BCUT2D eigenvalue weighted by Crippen LogP contribution is -2.15. The fourth-order valence-electron chi connectivity index (χ4n) is 2.82. The Labute approximate surface area is 170 Å². The summed E-state index contributed by atoms with van der Waals surface area (Å²) in [6.45, 7) is 4.10. The van der Waals surface area contributed by atoms with E-state index in [1.165, 1.54) is 6.33 Å². The summed E-state index contributed by atoms with van der Waals surface area (Å²) < 4.78 is 28.3. The second-order valence-corrected chi connectivity index (χ2v) is 8.65. The van der Waals surface area contributed by atoms with Crippen LogP contribution in [0.1, 0.15) is 30.9 Å². The molecule has 0 bridgehead atoms. The minimum absolute atomic E-state index is 0.152. The van der Waals surface area contributed by atoms with Crippen molar-refractivity contribution in [2.45, 2.75) is 38.0 Å². The standard InChI is InChI=1S/C21H22ClN3O2S/c1-3-4-5-16-8-12-18(13-9-16)28(26,27)25-21-19(20(22)23-14-24-21)17-10-6-15(2)7-11-17/h6-14H,3-5H2,1-2H3,(H,23,24,25). The average molecular weight is 416 g/mol. The van der Waals surface area contributed by atoms with E-state index in [0.717, 1.165) is 36.0 Å². The predicted molar refractivity (Wildman–Crippen MR) is 113 cm³/mol. The number of aryl methyl sites for hydroxylation is 2. The third-order valence-electron chi connectivity index (χ3n) is 4.42. The first-order chi connectivity index (χ1) is 13.4. The smallest absolute Gasteiger partial charge is 0.263 e. The molecule has 0 aliphatic carbocycles. The van der Waals surface area contributed by atoms with Gasteiger partial charge in [-0.25, -0.2) is 18.4 Å². The highest BCUT2D eigenvalue weighted by Crippen LogP contribution is 2.33. The van der Waals surface area contributed by atoms with Gasteiger partial charge in [-0.05, 0) is 43.0 Å². The summed E-state index contributed by atoms with van der Waals surface area (Å²) >= 11 is 6.26. The molecule has 0 saturated heterocycles. The first-order valence-corrected chi connectivity index (χ1v) is 11.0. The Hall–Kier alpha value is -2.44. The SMILES string of the molecule is CCCCc1ccc(S(=O)(=O)Nc2ncnc(Cl)c2-c2ccc(C)cc2)cc1. The topological polar surface area (TPSA) is 72.0 Å². The van der Waals surface area contributed by atoms with E-state index in [1.807, 2.05) is 43.3 Å². The van der Waals surface area contributed by atoms with Gasteiger partial charge < -0.3 is 0 Å². The molecular weight excluding hydrogens is 394 g/mol. The largest absolute Gasteiger partial charge is 0.263 e. The van der Waals surface area contributed by atoms with E-state index in [9.17, 15) is 8.42 Å². The zero-order valence-electron chi connectivity index (χ0n) is 15.8. The van der Waals surface area contributed by atoms with Crippen molar-refractivity contribution in [1.29, 1.82) is 0 Å². The molecule has 146 valence electrons. The Bertz CT molecular complexity index is 1050. The summed E-state index contributed by atoms with van der Waals surface area (Å²) in [4.78, 5) is 8.30. The van der Waals surface area contributed by atoms with Crippen molar-refractivity contribution in [2.75, 3.05) is 4.72 Å². The number of anilines is 1. The first-order valence-electron chi connectivity index (χ1n) is 9.10. The Morgan fingerprint density at radius 2 is 1.68 bits per heavy atom. The van der Waals surface area contributed by atoms with E-state index in [0.29, 0.717) is 5.56 Å². The van der Waals surface area contributed by atoms with Gasteiger partial charge in [0.15, 0.2) is 5.82 Å². The van der Waals surface area contributed by atoms with Crippen LogP contribution in [0.5, 0.6) is 0 Å². The zero-order valence-corrected chi connectivity index (χ0v) is 17.4. The van der Waals surface area contributed by atoms with Gasteiger partial charge in [0.05, 0.1) is 10.5 Å². The van der Waals surface area contributed by atoms with Crippen LogP contribution >= 0.6 is 11.6 Å². The fourth-order valence-corrected chi connectivity index (χ4v) is 4.08. The summed E-state index contributed by atoms with van der Waals surface area (Å²) in [6, 6.07) is 14.5. The van der Waals surface area contributed by atoms with Gasteiger partial charge in [0.2, 0.25) is 0 Å². The molecule has 0 radical (unpaired) electrons. The van der Waals surface area contributed by atoms with Crippen molar-refractivity contribution >= 4 is 27.4 Å². The molecule has 2 aromatic carbocycles. The molecular formula is C21H22ClN3O2S. The van der Waals surface area contributed by atoms with E-state index in [2.05, 4.69) is 21.6 Å². The highest BCUT2D eigenvalue weighted by atomic mass is 35.5. The van der Waals surface area contributed by atoms with Crippen LogP contribution in [0.4, 0.5) is 5.82 Å². The minimum Gasteiger partial charge on any atom is -0.263 e. The Kier molecular flexibility index (Phi) is 6.31. The van der Waals surface area contributed by atoms with E-state index in [-0.39, 0.29) is 15.9 Å². The van der Waals surface area contributed by atoms with Crippen LogP contribution in [-0.2, 0) is 16.4 Å². The summed E-state index contributed by atoms with van der Waals surface area (Å²) in [7, 11) is -3.80. The van der Waals surface area contributed by atoms with Crippen molar-refractivity contribution in [1.82, 2.24) is 9.97 Å². The highest BCUT2D eigenvalue weighted by Gasteiger charge is 2.20. The van der Waals surface area contributed by atoms with Crippen molar-refractivity contribution in [3.8, 4) is 11.1 Å². The van der Waals surface area contributed by atoms with Crippen molar-refractivity contribution in [2.24, 2.45) is 0 Å². The molecule has 0 atom stereocenters. The summed E-state index contributed by atoms with van der Waals surface area (Å²) in [6.07, 6.45) is 4.34. The van der Waals surface area contributed by atoms with E-state index < -0.39 is 10.0 Å². The molecule has 3 aromatic rings. The lowest BCUT2D eigenvalue weighted by Gasteiger charge is -2.13. The molecule has 1 N–H and O–H groups in total. The number of unbranched alkanes of at least 4 members (excludes halogenated alkanes) is 1. The maximum absolute atomic E-state index is 12.9. The van der Waals surface area contributed by atoms with E-state index in [1.54, 1.807) is 12.1 Å². The fraction of sp³-hybridized carbons (Fsp3) is 0.238. The summed E-state index contributed by atoms with van der Waals surface area (Å²) in [5, 5.41) is 0.187. The Balaban J connectivity index is 1.92. The van der Waals surface area contributed by atoms with Crippen molar-refractivity contribution in [3.05, 3.63) is 71.1 Å². The molecule has 5 nitrogen and oxygen atoms in total. The van der Waals surface area contributed by atoms with Gasteiger partial charge in [-0.2, -0.15) is 0 Å². The minimum atomic E-state index is -3.80. The van der Waals surface area contributed by atoms with Gasteiger partial charge in [0.1, 0.15) is 11.5 Å². The van der Waals surface area contributed by atoms with Crippen LogP contribution in [0.15, 0.2) is 59.8 Å². The molecule has 1 aromatic heterocycles. The normalized spacial score (nSPS) is 11.4. The Morgan fingerprint density at radius 3 is 2.32 bits per heavy atom. The molecule has 0 fully saturated rings. The molecule has 1 heterocycles. The van der Waals surface area contributed by atoms with Gasteiger partial charge >= 0.3 is 0 Å². The number of hydrogen-bond donors (Lipinski definition) is 1. The number of nitrogens with one attached hydrogen (secondary N) is 1. The number of sulfonamides is 1. The van der Waals surface area contributed by atoms with Crippen LogP contribution < -0.4 is 4.72 Å². The number of nitrogens with zero attached hydrogens (tertiary/aromatic N) is 2. The molecule has 28 heavy (non-hydrogen) atoms. The van der Waals surface area contributed by atoms with Crippen LogP contribution in [0.25, 0.3) is 11.1 Å². The monoisotopic (exact) mass is 415 g/mol. The van der Waals surface area contributed by atoms with Gasteiger partial charge in [0, 0.05) is 0 Å². The number of benzene rings is 2. The van der Waals surface area contributed by atoms with Crippen LogP contribution in [-0.4, -0.2) is 18.4 Å². The number of aromatic nitrogens is 2.